The third-order valence-electron chi connectivity index (χ3n) is 3.31. The van der Waals surface area contributed by atoms with Crippen molar-refractivity contribution in [3.8, 4) is 18.4 Å². The molecule has 0 amide bonds. The molecule has 0 saturated heterocycles. The van der Waals surface area contributed by atoms with Gasteiger partial charge in [-0.25, -0.2) is 0 Å². The fraction of sp³-hybridized carbons (Fsp3) is 0.750. The van der Waals surface area contributed by atoms with E-state index in [2.05, 4.69) is 31.2 Å². The fourth-order valence-corrected chi connectivity index (χ4v) is 2.28. The molecule has 1 fully saturated rings. The van der Waals surface area contributed by atoms with Crippen LogP contribution in [0.25, 0.3) is 0 Å². The van der Waals surface area contributed by atoms with Crippen LogP contribution in [0.2, 0.25) is 0 Å². The molecule has 2 heteroatoms. The molecule has 76 valence electrons. The number of nitrogens with zero attached hydrogens (tertiary/aromatic N) is 1. The lowest BCUT2D eigenvalue weighted by Crippen LogP contribution is -2.52. The number of nitrogens with one attached hydrogen (secondary N) is 1. The van der Waals surface area contributed by atoms with E-state index in [-0.39, 0.29) is 5.54 Å². The van der Waals surface area contributed by atoms with Crippen LogP contribution in [-0.2, 0) is 0 Å². The number of nitriles is 1. The molecule has 1 aliphatic carbocycles. The summed E-state index contributed by atoms with van der Waals surface area (Å²) in [5.74, 6) is 3.57. The molecule has 0 aromatic carbocycles. The van der Waals surface area contributed by atoms with Crippen molar-refractivity contribution in [2.75, 3.05) is 6.54 Å². The van der Waals surface area contributed by atoms with E-state index in [1.807, 2.05) is 0 Å². The molecule has 14 heavy (non-hydrogen) atoms. The van der Waals surface area contributed by atoms with E-state index in [0.29, 0.717) is 18.4 Å². The minimum absolute atomic E-state index is 0.385. The van der Waals surface area contributed by atoms with E-state index in [4.69, 9.17) is 6.42 Å². The van der Waals surface area contributed by atoms with Crippen molar-refractivity contribution in [1.29, 1.82) is 5.26 Å². The van der Waals surface area contributed by atoms with Gasteiger partial charge >= 0.3 is 0 Å². The molecule has 1 N–H and O–H groups in total. The third-order valence-corrected chi connectivity index (χ3v) is 3.31. The van der Waals surface area contributed by atoms with E-state index in [0.717, 1.165) is 12.8 Å². The van der Waals surface area contributed by atoms with Gasteiger partial charge in [-0.2, -0.15) is 5.26 Å². The minimum Gasteiger partial charge on any atom is -0.288 e. The largest absolute Gasteiger partial charge is 0.288 e. The Morgan fingerprint density at radius 1 is 1.50 bits per heavy atom. The monoisotopic (exact) mass is 190 g/mol. The Morgan fingerprint density at radius 3 is 2.79 bits per heavy atom. The molecule has 1 saturated carbocycles. The van der Waals surface area contributed by atoms with Gasteiger partial charge in [0.15, 0.2) is 0 Å². The molecule has 0 radical (unpaired) electrons. The van der Waals surface area contributed by atoms with Crippen molar-refractivity contribution in [3.05, 3.63) is 0 Å². The van der Waals surface area contributed by atoms with Gasteiger partial charge in [0.05, 0.1) is 12.6 Å². The molecule has 0 aromatic rings. The van der Waals surface area contributed by atoms with E-state index in [9.17, 15) is 5.26 Å². The second-order valence-corrected chi connectivity index (χ2v) is 4.43. The summed E-state index contributed by atoms with van der Waals surface area (Å²) in [7, 11) is 0. The highest BCUT2D eigenvalue weighted by atomic mass is 15.0. The van der Waals surface area contributed by atoms with E-state index >= 15 is 0 Å². The fourth-order valence-electron chi connectivity index (χ4n) is 2.28. The minimum atomic E-state index is -0.385. The summed E-state index contributed by atoms with van der Waals surface area (Å²) in [5, 5.41) is 12.5. The van der Waals surface area contributed by atoms with Gasteiger partial charge in [0, 0.05) is 0 Å². The number of terminal acetylenes is 1. The lowest BCUT2D eigenvalue weighted by molar-refractivity contribution is 0.175. The summed E-state index contributed by atoms with van der Waals surface area (Å²) < 4.78 is 0. The van der Waals surface area contributed by atoms with Gasteiger partial charge in [0.1, 0.15) is 5.54 Å². The maximum absolute atomic E-state index is 9.28. The van der Waals surface area contributed by atoms with Crippen LogP contribution in [0.5, 0.6) is 0 Å². The van der Waals surface area contributed by atoms with Gasteiger partial charge in [0.25, 0.3) is 0 Å². The lowest BCUT2D eigenvalue weighted by atomic mass is 9.70. The van der Waals surface area contributed by atoms with Gasteiger partial charge in [-0.1, -0.05) is 26.2 Å². The molecule has 0 heterocycles. The highest BCUT2D eigenvalue weighted by Gasteiger charge is 2.40. The van der Waals surface area contributed by atoms with Gasteiger partial charge < -0.3 is 0 Å². The van der Waals surface area contributed by atoms with Gasteiger partial charge in [0.2, 0.25) is 0 Å². The zero-order valence-electron chi connectivity index (χ0n) is 9.01. The van der Waals surface area contributed by atoms with E-state index in [1.54, 1.807) is 0 Å². The summed E-state index contributed by atoms with van der Waals surface area (Å²) in [5.41, 5.74) is -0.385. The Bertz CT molecular complexity index is 271. The Morgan fingerprint density at radius 2 is 2.21 bits per heavy atom. The normalized spacial score (nSPS) is 37.1. The summed E-state index contributed by atoms with van der Waals surface area (Å²) in [6, 6.07) is 2.43. The smallest absolute Gasteiger partial charge is 0.110 e. The Labute approximate surface area is 86.7 Å². The summed E-state index contributed by atoms with van der Waals surface area (Å²) >= 11 is 0. The second kappa shape index (κ2) is 4.49. The average molecular weight is 190 g/mol. The van der Waals surface area contributed by atoms with E-state index < -0.39 is 0 Å². The van der Waals surface area contributed by atoms with Crippen LogP contribution in [-0.4, -0.2) is 12.1 Å². The molecular weight excluding hydrogens is 172 g/mol. The predicted molar refractivity (Wildman–Crippen MR) is 57.4 cm³/mol. The Kier molecular flexibility index (Phi) is 3.55. The first-order chi connectivity index (χ1) is 6.64. The first-order valence-electron chi connectivity index (χ1n) is 5.24. The van der Waals surface area contributed by atoms with Crippen LogP contribution in [0.3, 0.4) is 0 Å². The Balaban J connectivity index is 2.75. The van der Waals surface area contributed by atoms with Crippen LogP contribution in [0.15, 0.2) is 0 Å². The van der Waals surface area contributed by atoms with Gasteiger partial charge in [-0.3, -0.25) is 5.32 Å². The van der Waals surface area contributed by atoms with Crippen molar-refractivity contribution in [2.24, 2.45) is 11.8 Å². The predicted octanol–water partition coefficient (Wildman–Crippen LogP) is 1.93. The number of hydrogen-bond acceptors (Lipinski definition) is 2. The molecule has 0 spiro atoms. The maximum atomic E-state index is 9.28. The number of rotatable bonds is 2. The maximum Gasteiger partial charge on any atom is 0.110 e. The Hall–Kier alpha value is -0.990. The molecule has 1 aliphatic rings. The molecule has 0 aromatic heterocycles. The zero-order valence-corrected chi connectivity index (χ0v) is 9.01. The van der Waals surface area contributed by atoms with Crippen LogP contribution >= 0.6 is 0 Å². The molecular formula is C12H18N2. The van der Waals surface area contributed by atoms with Crippen molar-refractivity contribution < 1.29 is 0 Å². The van der Waals surface area contributed by atoms with Crippen LogP contribution in [0.1, 0.15) is 33.1 Å². The molecule has 3 unspecified atom stereocenters. The standard InChI is InChI=1S/C12H18N2/c1-4-7-14-12(9-13)8-10(2)5-6-11(12)3/h1,10-11,14H,5-8H2,2-3H3. The highest BCUT2D eigenvalue weighted by molar-refractivity contribution is 5.13. The second-order valence-electron chi connectivity index (χ2n) is 4.43. The topological polar surface area (TPSA) is 35.8 Å². The molecule has 3 atom stereocenters. The van der Waals surface area contributed by atoms with Crippen molar-refractivity contribution >= 4 is 0 Å². The van der Waals surface area contributed by atoms with Crippen LogP contribution < -0.4 is 5.32 Å². The third kappa shape index (κ3) is 2.08. The molecule has 1 rings (SSSR count). The summed E-state index contributed by atoms with van der Waals surface area (Å²) in [4.78, 5) is 0. The first-order valence-corrected chi connectivity index (χ1v) is 5.24. The lowest BCUT2D eigenvalue weighted by Gasteiger charge is -2.40. The zero-order chi connectivity index (χ0) is 10.6. The average Bonchev–Trinajstić information content (AvgIpc) is 2.20. The molecule has 0 aliphatic heterocycles. The van der Waals surface area contributed by atoms with Crippen molar-refractivity contribution in [2.45, 2.75) is 38.6 Å². The van der Waals surface area contributed by atoms with Gasteiger partial charge in [-0.05, 0) is 24.7 Å². The quantitative estimate of drug-likeness (QED) is 0.675. The first kappa shape index (κ1) is 11.1. The summed E-state index contributed by atoms with van der Waals surface area (Å²) in [6.45, 7) is 4.83. The molecule has 2 nitrogen and oxygen atoms in total. The summed E-state index contributed by atoms with van der Waals surface area (Å²) in [6.07, 6.45) is 8.48. The number of hydrogen-bond donors (Lipinski definition) is 1. The van der Waals surface area contributed by atoms with Crippen LogP contribution in [0, 0.1) is 35.5 Å². The highest BCUT2D eigenvalue weighted by Crippen LogP contribution is 2.36. The SMILES string of the molecule is C#CCNC1(C#N)CC(C)CCC1C. The van der Waals surface area contributed by atoms with E-state index in [1.165, 1.54) is 6.42 Å². The molecule has 0 bridgehead atoms. The van der Waals surface area contributed by atoms with Crippen molar-refractivity contribution in [3.63, 3.8) is 0 Å². The van der Waals surface area contributed by atoms with Gasteiger partial charge in [-0.15, -0.1) is 6.42 Å². The van der Waals surface area contributed by atoms with Crippen molar-refractivity contribution in [1.82, 2.24) is 5.32 Å². The van der Waals surface area contributed by atoms with Crippen LogP contribution in [0.4, 0.5) is 0 Å².